The summed E-state index contributed by atoms with van der Waals surface area (Å²) in [5.41, 5.74) is 1.28. The summed E-state index contributed by atoms with van der Waals surface area (Å²) < 4.78 is 1.04. The van der Waals surface area contributed by atoms with Crippen LogP contribution >= 0.6 is 15.9 Å². The van der Waals surface area contributed by atoms with E-state index in [2.05, 4.69) is 61.5 Å². The molecule has 1 aromatic heterocycles. The zero-order chi connectivity index (χ0) is 23.0. The van der Waals surface area contributed by atoms with E-state index < -0.39 is 17.7 Å². The number of hydrogen-bond acceptors (Lipinski definition) is 3. The smallest absolute Gasteiger partial charge is 0.405 e. The van der Waals surface area contributed by atoms with Gasteiger partial charge in [0.15, 0.2) is 0 Å². The van der Waals surface area contributed by atoms with Gasteiger partial charge in [-0.25, -0.2) is 9.78 Å². The van der Waals surface area contributed by atoms with Crippen LogP contribution in [0.3, 0.4) is 0 Å². The highest BCUT2D eigenvalue weighted by Gasteiger charge is 2.45. The highest BCUT2D eigenvalue weighted by Crippen LogP contribution is 2.38. The van der Waals surface area contributed by atoms with Crippen molar-refractivity contribution in [2.45, 2.75) is 45.2 Å². The fraction of sp³-hybridized carbons (Fsp3) is 0.375. The van der Waals surface area contributed by atoms with Gasteiger partial charge in [0.25, 0.3) is 0 Å². The van der Waals surface area contributed by atoms with Gasteiger partial charge in [-0.2, -0.15) is 0 Å². The van der Waals surface area contributed by atoms with Crippen molar-refractivity contribution in [2.24, 2.45) is 5.92 Å². The number of nitrogens with one attached hydrogen (secondary N) is 2. The lowest BCUT2D eigenvalue weighted by atomic mass is 9.95. The second-order valence-electron chi connectivity index (χ2n) is 8.89. The fourth-order valence-corrected chi connectivity index (χ4v) is 4.88. The molecule has 168 valence electrons. The second kappa shape index (κ2) is 8.58. The number of amides is 2. The predicted molar refractivity (Wildman–Crippen MR) is 127 cm³/mol. The van der Waals surface area contributed by atoms with E-state index in [9.17, 15) is 14.7 Å². The summed E-state index contributed by atoms with van der Waals surface area (Å²) in [6.07, 6.45) is 2.20. The number of hydrogen-bond donors (Lipinski definition) is 3. The Bertz CT molecular complexity index is 1180. The molecule has 2 amide bonds. The predicted octanol–water partition coefficient (Wildman–Crippen LogP) is 5.12. The third-order valence-corrected chi connectivity index (χ3v) is 6.81. The Morgan fingerprint density at radius 1 is 1.22 bits per heavy atom. The van der Waals surface area contributed by atoms with E-state index in [0.717, 1.165) is 39.3 Å². The van der Waals surface area contributed by atoms with Crippen LogP contribution in [0.25, 0.3) is 22.0 Å². The quantitative estimate of drug-likeness (QED) is 0.454. The number of rotatable bonds is 5. The Morgan fingerprint density at radius 2 is 1.94 bits per heavy atom. The summed E-state index contributed by atoms with van der Waals surface area (Å²) in [6.45, 7) is 6.25. The van der Waals surface area contributed by atoms with Gasteiger partial charge in [0, 0.05) is 16.6 Å². The molecule has 8 heteroatoms. The molecule has 2 atom stereocenters. The number of likely N-dealkylation sites (tertiary alicyclic amines) is 1. The number of nitrogens with zero attached hydrogens (tertiary/aromatic N) is 2. The zero-order valence-corrected chi connectivity index (χ0v) is 19.9. The van der Waals surface area contributed by atoms with Crippen molar-refractivity contribution in [3.63, 3.8) is 0 Å². The summed E-state index contributed by atoms with van der Waals surface area (Å²) in [7, 11) is 0. The molecule has 1 aliphatic heterocycles. The van der Waals surface area contributed by atoms with Crippen molar-refractivity contribution in [1.29, 1.82) is 0 Å². The van der Waals surface area contributed by atoms with Gasteiger partial charge in [-0.15, -0.1) is 0 Å². The first-order valence-electron chi connectivity index (χ1n) is 10.7. The maximum Gasteiger partial charge on any atom is 0.405 e. The van der Waals surface area contributed by atoms with E-state index in [4.69, 9.17) is 0 Å². The third kappa shape index (κ3) is 4.11. The first-order chi connectivity index (χ1) is 15.2. The van der Waals surface area contributed by atoms with Crippen LogP contribution in [0.15, 0.2) is 47.1 Å². The van der Waals surface area contributed by atoms with Gasteiger partial charge in [-0.1, -0.05) is 48.0 Å². The standard InChI is InChI=1S/C24H27BrN4O3/c1-14(2)20(28-23(31)32)21(30)29-10-4-9-24(29,3)22-26-13-19(27-22)17-6-5-16-12-18(25)8-7-15(16)11-17/h5-8,11-14,20,28H,4,9-10H2,1-3H3,(H,26,27)(H,31,32)/t20-,24-/m0/s1. The van der Waals surface area contributed by atoms with Crippen LogP contribution in [0.4, 0.5) is 4.79 Å². The van der Waals surface area contributed by atoms with Gasteiger partial charge >= 0.3 is 6.09 Å². The Hall–Kier alpha value is -2.87. The maximum atomic E-state index is 13.3. The molecule has 0 unspecified atom stereocenters. The Kier molecular flexibility index (Phi) is 5.99. The van der Waals surface area contributed by atoms with Crippen molar-refractivity contribution < 1.29 is 14.7 Å². The number of carboxylic acid groups (broad SMARTS) is 1. The Labute approximate surface area is 195 Å². The summed E-state index contributed by atoms with van der Waals surface area (Å²) in [6, 6.07) is 11.6. The van der Waals surface area contributed by atoms with Crippen molar-refractivity contribution >= 4 is 38.7 Å². The molecule has 2 aromatic carbocycles. The van der Waals surface area contributed by atoms with Crippen LogP contribution in [-0.4, -0.2) is 44.6 Å². The molecule has 3 N–H and O–H groups in total. The topological polar surface area (TPSA) is 98.3 Å². The molecular weight excluding hydrogens is 472 g/mol. The van der Waals surface area contributed by atoms with Crippen molar-refractivity contribution in [3.8, 4) is 11.3 Å². The fourth-order valence-electron chi connectivity index (χ4n) is 4.50. The van der Waals surface area contributed by atoms with Gasteiger partial charge < -0.3 is 20.3 Å². The lowest BCUT2D eigenvalue weighted by molar-refractivity contribution is -0.138. The average Bonchev–Trinajstić information content (AvgIpc) is 3.39. The molecule has 0 bridgehead atoms. The molecule has 4 rings (SSSR count). The van der Waals surface area contributed by atoms with Crippen LogP contribution in [0.5, 0.6) is 0 Å². The number of benzene rings is 2. The lowest BCUT2D eigenvalue weighted by Gasteiger charge is -2.36. The van der Waals surface area contributed by atoms with Gasteiger partial charge in [0.2, 0.25) is 5.91 Å². The van der Waals surface area contributed by atoms with E-state index in [-0.39, 0.29) is 11.8 Å². The number of fused-ring (bicyclic) bond motifs is 1. The minimum Gasteiger partial charge on any atom is -0.465 e. The number of aromatic amines is 1. The highest BCUT2D eigenvalue weighted by molar-refractivity contribution is 9.10. The molecule has 32 heavy (non-hydrogen) atoms. The minimum atomic E-state index is -1.19. The first kappa shape index (κ1) is 22.3. The van der Waals surface area contributed by atoms with Gasteiger partial charge in [0.05, 0.1) is 17.4 Å². The van der Waals surface area contributed by atoms with Crippen LogP contribution < -0.4 is 5.32 Å². The lowest BCUT2D eigenvalue weighted by Crippen LogP contribution is -2.54. The molecule has 1 saturated heterocycles. The number of H-pyrrole nitrogens is 1. The molecule has 0 aliphatic carbocycles. The summed E-state index contributed by atoms with van der Waals surface area (Å²) in [4.78, 5) is 34.4. The van der Waals surface area contributed by atoms with Gasteiger partial charge in [-0.3, -0.25) is 4.79 Å². The van der Waals surface area contributed by atoms with Crippen LogP contribution in [0.2, 0.25) is 0 Å². The highest BCUT2D eigenvalue weighted by atomic mass is 79.9. The van der Waals surface area contributed by atoms with Crippen molar-refractivity contribution in [3.05, 3.63) is 52.9 Å². The SMILES string of the molecule is CC(C)[C@H](NC(=O)O)C(=O)N1CCC[C@@]1(C)c1ncc(-c2ccc3cc(Br)ccc3c2)[nH]1. The normalized spacial score (nSPS) is 19.5. The third-order valence-electron chi connectivity index (χ3n) is 6.32. The van der Waals surface area contributed by atoms with Gasteiger partial charge in [0.1, 0.15) is 11.9 Å². The molecule has 0 radical (unpaired) electrons. The van der Waals surface area contributed by atoms with Crippen LogP contribution in [0.1, 0.15) is 39.4 Å². The molecular formula is C24H27BrN4O3. The van der Waals surface area contributed by atoms with Crippen molar-refractivity contribution in [1.82, 2.24) is 20.2 Å². The number of carbonyl (C=O) groups excluding carboxylic acids is 1. The second-order valence-corrected chi connectivity index (χ2v) is 9.81. The molecule has 7 nitrogen and oxygen atoms in total. The van der Waals surface area contributed by atoms with E-state index >= 15 is 0 Å². The van der Waals surface area contributed by atoms with E-state index in [1.807, 2.05) is 26.8 Å². The van der Waals surface area contributed by atoms with Gasteiger partial charge in [-0.05, 0) is 54.7 Å². The van der Waals surface area contributed by atoms with Crippen LogP contribution in [-0.2, 0) is 10.3 Å². The Morgan fingerprint density at radius 3 is 2.66 bits per heavy atom. The molecule has 1 fully saturated rings. The van der Waals surface area contributed by atoms with Crippen LogP contribution in [0, 0.1) is 5.92 Å². The molecule has 0 spiro atoms. The van der Waals surface area contributed by atoms with Crippen molar-refractivity contribution in [2.75, 3.05) is 6.54 Å². The summed E-state index contributed by atoms with van der Waals surface area (Å²) >= 11 is 3.51. The number of aromatic nitrogens is 2. The first-order valence-corrected chi connectivity index (χ1v) is 11.5. The van der Waals surface area contributed by atoms with E-state index in [1.165, 1.54) is 0 Å². The molecule has 1 aliphatic rings. The van der Waals surface area contributed by atoms with E-state index in [1.54, 1.807) is 11.1 Å². The number of imidazole rings is 1. The molecule has 3 aromatic rings. The molecule has 0 saturated carbocycles. The monoisotopic (exact) mass is 498 g/mol. The summed E-state index contributed by atoms with van der Waals surface area (Å²) in [5, 5.41) is 13.9. The zero-order valence-electron chi connectivity index (χ0n) is 18.4. The molecule has 2 heterocycles. The Balaban J connectivity index is 1.64. The largest absolute Gasteiger partial charge is 0.465 e. The minimum absolute atomic E-state index is 0.159. The summed E-state index contributed by atoms with van der Waals surface area (Å²) in [5.74, 6) is 0.344. The number of halogens is 1. The maximum absolute atomic E-state index is 13.3. The number of carbonyl (C=O) groups is 2. The average molecular weight is 499 g/mol. The van der Waals surface area contributed by atoms with E-state index in [0.29, 0.717) is 12.4 Å².